The molecule has 0 N–H and O–H groups in total. The van der Waals surface area contributed by atoms with Gasteiger partial charge in [0.25, 0.3) is 0 Å². The Kier molecular flexibility index (Phi) is 4.96. The molecule has 0 aromatic heterocycles. The standard InChI is InChI=1S/C17H17ClO2S/c1-11-7-8-16(9-12(11)2)21(20)13(3)17(19)14-5-4-6-15(18)10-14/h4-10,13H,1-3H3. The minimum Gasteiger partial charge on any atom is -0.293 e. The Morgan fingerprint density at radius 2 is 1.81 bits per heavy atom. The molecule has 0 aliphatic rings. The molecule has 0 saturated heterocycles. The van der Waals surface area contributed by atoms with Crippen LogP contribution in [-0.2, 0) is 10.8 Å². The van der Waals surface area contributed by atoms with Gasteiger partial charge in [0.2, 0.25) is 0 Å². The maximum absolute atomic E-state index is 12.6. The Bertz CT molecular complexity index is 710. The zero-order chi connectivity index (χ0) is 15.6. The molecule has 0 aliphatic carbocycles. The fraction of sp³-hybridized carbons (Fsp3) is 0.235. The summed E-state index contributed by atoms with van der Waals surface area (Å²) in [7, 11) is -1.38. The Labute approximate surface area is 132 Å². The van der Waals surface area contributed by atoms with E-state index in [-0.39, 0.29) is 5.78 Å². The second kappa shape index (κ2) is 6.54. The van der Waals surface area contributed by atoms with Crippen molar-refractivity contribution in [2.24, 2.45) is 0 Å². The van der Waals surface area contributed by atoms with Crippen molar-refractivity contribution in [3.63, 3.8) is 0 Å². The van der Waals surface area contributed by atoms with Crippen LogP contribution in [0.2, 0.25) is 5.02 Å². The molecule has 0 amide bonds. The minimum absolute atomic E-state index is 0.158. The van der Waals surface area contributed by atoms with Crippen LogP contribution in [-0.4, -0.2) is 15.2 Å². The van der Waals surface area contributed by atoms with Crippen molar-refractivity contribution >= 4 is 28.2 Å². The Morgan fingerprint density at radius 1 is 1.10 bits per heavy atom. The molecule has 110 valence electrons. The van der Waals surface area contributed by atoms with Gasteiger partial charge in [0.15, 0.2) is 5.78 Å². The van der Waals surface area contributed by atoms with E-state index in [1.54, 1.807) is 31.2 Å². The molecule has 21 heavy (non-hydrogen) atoms. The number of ketones is 1. The van der Waals surface area contributed by atoms with Crippen LogP contribution in [0, 0.1) is 13.8 Å². The first kappa shape index (κ1) is 15.9. The summed E-state index contributed by atoms with van der Waals surface area (Å²) in [6.45, 7) is 5.66. The van der Waals surface area contributed by atoms with E-state index < -0.39 is 16.0 Å². The summed E-state index contributed by atoms with van der Waals surface area (Å²) < 4.78 is 12.6. The summed E-state index contributed by atoms with van der Waals surface area (Å²) in [5.41, 5.74) is 2.71. The molecular weight excluding hydrogens is 304 g/mol. The molecule has 0 spiro atoms. The topological polar surface area (TPSA) is 34.1 Å². The summed E-state index contributed by atoms with van der Waals surface area (Å²) in [5.74, 6) is -0.158. The van der Waals surface area contributed by atoms with Gasteiger partial charge in [-0.2, -0.15) is 0 Å². The van der Waals surface area contributed by atoms with Gasteiger partial charge in [-0.25, -0.2) is 0 Å². The molecule has 2 aromatic carbocycles. The van der Waals surface area contributed by atoms with Gasteiger partial charge >= 0.3 is 0 Å². The van der Waals surface area contributed by atoms with Crippen LogP contribution in [0.1, 0.15) is 28.4 Å². The summed E-state index contributed by atoms with van der Waals surface area (Å²) >= 11 is 5.90. The normalized spacial score (nSPS) is 13.7. The molecule has 4 heteroatoms. The van der Waals surface area contributed by atoms with E-state index in [0.29, 0.717) is 15.5 Å². The predicted octanol–water partition coefficient (Wildman–Crippen LogP) is 4.34. The van der Waals surface area contributed by atoms with Gasteiger partial charge in [-0.05, 0) is 56.2 Å². The number of halogens is 1. The molecule has 2 rings (SSSR count). The number of carbonyl (C=O) groups is 1. The Morgan fingerprint density at radius 3 is 2.43 bits per heavy atom. The number of rotatable bonds is 4. The fourth-order valence-corrected chi connectivity index (χ4v) is 3.44. The van der Waals surface area contributed by atoms with E-state index in [1.165, 1.54) is 0 Å². The lowest BCUT2D eigenvalue weighted by Gasteiger charge is -2.12. The molecule has 0 radical (unpaired) electrons. The van der Waals surface area contributed by atoms with Gasteiger partial charge in [-0.3, -0.25) is 9.00 Å². The molecule has 0 aliphatic heterocycles. The van der Waals surface area contributed by atoms with Crippen LogP contribution in [0.3, 0.4) is 0 Å². The lowest BCUT2D eigenvalue weighted by Crippen LogP contribution is -2.23. The first-order valence-electron chi connectivity index (χ1n) is 6.68. The largest absolute Gasteiger partial charge is 0.293 e. The van der Waals surface area contributed by atoms with Crippen LogP contribution in [0.5, 0.6) is 0 Å². The number of benzene rings is 2. The van der Waals surface area contributed by atoms with Crippen LogP contribution in [0.4, 0.5) is 0 Å². The summed E-state index contributed by atoms with van der Waals surface area (Å²) in [6, 6.07) is 12.4. The molecule has 0 bridgehead atoms. The van der Waals surface area contributed by atoms with Gasteiger partial charge in [0, 0.05) is 15.5 Å². The van der Waals surface area contributed by atoms with Gasteiger partial charge in [0.1, 0.15) is 0 Å². The number of aryl methyl sites for hydroxylation is 2. The number of hydrogen-bond acceptors (Lipinski definition) is 2. The Balaban J connectivity index is 2.26. The molecular formula is C17H17ClO2S. The maximum Gasteiger partial charge on any atom is 0.178 e. The summed E-state index contributed by atoms with van der Waals surface area (Å²) in [6.07, 6.45) is 0. The lowest BCUT2D eigenvalue weighted by atomic mass is 10.1. The third kappa shape index (κ3) is 3.60. The number of hydrogen-bond donors (Lipinski definition) is 0. The van der Waals surface area contributed by atoms with Crippen molar-refractivity contribution in [1.82, 2.24) is 0 Å². The van der Waals surface area contributed by atoms with E-state index in [9.17, 15) is 9.00 Å². The third-order valence-electron chi connectivity index (χ3n) is 3.51. The average molecular weight is 321 g/mol. The highest BCUT2D eigenvalue weighted by molar-refractivity contribution is 7.86. The molecule has 0 heterocycles. The summed E-state index contributed by atoms with van der Waals surface area (Å²) in [4.78, 5) is 13.1. The highest BCUT2D eigenvalue weighted by atomic mass is 35.5. The van der Waals surface area contributed by atoms with Crippen molar-refractivity contribution in [2.45, 2.75) is 30.9 Å². The maximum atomic E-state index is 12.6. The van der Waals surface area contributed by atoms with Crippen molar-refractivity contribution in [1.29, 1.82) is 0 Å². The predicted molar refractivity (Wildman–Crippen MR) is 87.6 cm³/mol. The molecule has 2 unspecified atom stereocenters. The van der Waals surface area contributed by atoms with Gasteiger partial charge in [-0.1, -0.05) is 29.8 Å². The van der Waals surface area contributed by atoms with Gasteiger partial charge in [0.05, 0.1) is 16.0 Å². The SMILES string of the molecule is Cc1ccc(S(=O)C(C)C(=O)c2cccc(Cl)c2)cc1C. The molecule has 2 nitrogen and oxygen atoms in total. The monoisotopic (exact) mass is 320 g/mol. The lowest BCUT2D eigenvalue weighted by molar-refractivity contribution is 0.0992. The molecule has 2 atom stereocenters. The first-order valence-corrected chi connectivity index (χ1v) is 8.27. The smallest absolute Gasteiger partial charge is 0.178 e. The van der Waals surface area contributed by atoms with Crippen LogP contribution < -0.4 is 0 Å². The number of Topliss-reactive ketones (excluding diaryl/α,β-unsaturated/α-hetero) is 1. The van der Waals surface area contributed by atoms with Crippen molar-refractivity contribution in [2.75, 3.05) is 0 Å². The van der Waals surface area contributed by atoms with Gasteiger partial charge in [-0.15, -0.1) is 0 Å². The van der Waals surface area contributed by atoms with E-state index in [4.69, 9.17) is 11.6 Å². The molecule has 2 aromatic rings. The Hall–Kier alpha value is -1.45. The van der Waals surface area contributed by atoms with E-state index in [0.717, 1.165) is 11.1 Å². The van der Waals surface area contributed by atoms with E-state index >= 15 is 0 Å². The highest BCUT2D eigenvalue weighted by Crippen LogP contribution is 2.20. The van der Waals surface area contributed by atoms with Crippen LogP contribution >= 0.6 is 11.6 Å². The molecule has 0 fully saturated rings. The van der Waals surface area contributed by atoms with Crippen molar-refractivity contribution in [3.05, 3.63) is 64.2 Å². The highest BCUT2D eigenvalue weighted by Gasteiger charge is 2.23. The quantitative estimate of drug-likeness (QED) is 0.785. The zero-order valence-electron chi connectivity index (χ0n) is 12.2. The molecule has 0 saturated carbocycles. The average Bonchev–Trinajstić information content (AvgIpc) is 2.47. The minimum atomic E-state index is -1.38. The van der Waals surface area contributed by atoms with Crippen molar-refractivity contribution < 1.29 is 9.00 Å². The zero-order valence-corrected chi connectivity index (χ0v) is 13.8. The summed E-state index contributed by atoms with van der Waals surface area (Å²) in [5, 5.41) is -0.101. The number of carbonyl (C=O) groups excluding carboxylic acids is 1. The second-order valence-electron chi connectivity index (χ2n) is 5.06. The first-order chi connectivity index (χ1) is 9.90. The van der Waals surface area contributed by atoms with Crippen LogP contribution in [0.15, 0.2) is 47.4 Å². The second-order valence-corrected chi connectivity index (χ2v) is 7.27. The van der Waals surface area contributed by atoms with E-state index in [2.05, 4.69) is 0 Å². The fourth-order valence-electron chi connectivity index (χ4n) is 2.02. The van der Waals surface area contributed by atoms with Crippen LogP contribution in [0.25, 0.3) is 0 Å². The van der Waals surface area contributed by atoms with Crippen molar-refractivity contribution in [3.8, 4) is 0 Å². The third-order valence-corrected chi connectivity index (χ3v) is 5.32. The van der Waals surface area contributed by atoms with Gasteiger partial charge < -0.3 is 0 Å². The van der Waals surface area contributed by atoms with E-state index in [1.807, 2.05) is 32.0 Å².